The maximum Gasteiger partial charge on any atom is 0.161 e. The van der Waals surface area contributed by atoms with Gasteiger partial charge in [0, 0.05) is 25.2 Å². The summed E-state index contributed by atoms with van der Waals surface area (Å²) in [7, 11) is 2.20. The van der Waals surface area contributed by atoms with Crippen molar-refractivity contribution in [3.63, 3.8) is 0 Å². The van der Waals surface area contributed by atoms with Crippen LogP contribution < -0.4 is 5.32 Å². The van der Waals surface area contributed by atoms with Crippen LogP contribution in [0.3, 0.4) is 0 Å². The number of likely N-dealkylation sites (tertiary alicyclic amines) is 1. The first-order chi connectivity index (χ1) is 10.6. The number of hydrogen-bond acceptors (Lipinski definition) is 4. The third kappa shape index (κ3) is 1.88. The molecule has 2 aliphatic rings. The molecule has 0 bridgehead atoms. The van der Waals surface area contributed by atoms with Gasteiger partial charge in [0.1, 0.15) is 5.82 Å². The summed E-state index contributed by atoms with van der Waals surface area (Å²) < 4.78 is 2.29. The molecule has 1 fully saturated rings. The molecule has 0 radical (unpaired) electrons. The minimum Gasteiger partial charge on any atom is -0.371 e. The van der Waals surface area contributed by atoms with Crippen molar-refractivity contribution in [3.8, 4) is 5.82 Å². The summed E-state index contributed by atoms with van der Waals surface area (Å²) >= 11 is 0. The van der Waals surface area contributed by atoms with Gasteiger partial charge >= 0.3 is 0 Å². The lowest BCUT2D eigenvalue weighted by Crippen LogP contribution is -2.49. The molecule has 116 valence electrons. The van der Waals surface area contributed by atoms with E-state index < -0.39 is 0 Å². The standard InChI is InChI=1S/C17H23N5/c1-12(2)15-19-11-14-17(6-9-21(3)10-7-17)20-13-5-4-8-18-16(13)22(14)15/h4-5,8,11-12,20H,6-7,9-10H2,1-3H3. The van der Waals surface area contributed by atoms with E-state index in [1.807, 2.05) is 12.3 Å². The first-order valence-electron chi connectivity index (χ1n) is 8.11. The highest BCUT2D eigenvalue weighted by atomic mass is 15.2. The fourth-order valence-corrected chi connectivity index (χ4v) is 3.71. The number of piperidine rings is 1. The van der Waals surface area contributed by atoms with Crippen LogP contribution in [0.4, 0.5) is 5.69 Å². The first kappa shape index (κ1) is 13.8. The Morgan fingerprint density at radius 3 is 2.73 bits per heavy atom. The summed E-state index contributed by atoms with van der Waals surface area (Å²) in [6, 6.07) is 4.14. The topological polar surface area (TPSA) is 46.0 Å². The molecule has 0 saturated carbocycles. The fourth-order valence-electron chi connectivity index (χ4n) is 3.71. The minimum atomic E-state index is -0.0112. The second-order valence-corrected chi connectivity index (χ2v) is 6.88. The van der Waals surface area contributed by atoms with E-state index in [4.69, 9.17) is 4.98 Å². The summed E-state index contributed by atoms with van der Waals surface area (Å²) in [6.07, 6.45) is 6.12. The summed E-state index contributed by atoms with van der Waals surface area (Å²) in [6.45, 7) is 6.60. The highest BCUT2D eigenvalue weighted by molar-refractivity contribution is 5.63. The molecular formula is C17H23N5. The first-order valence-corrected chi connectivity index (χ1v) is 8.11. The molecule has 0 amide bonds. The maximum absolute atomic E-state index is 4.73. The number of nitrogens with one attached hydrogen (secondary N) is 1. The molecule has 0 aromatic carbocycles. The number of pyridine rings is 1. The summed E-state index contributed by atoms with van der Waals surface area (Å²) in [5.41, 5.74) is 2.39. The van der Waals surface area contributed by atoms with Gasteiger partial charge in [-0.2, -0.15) is 0 Å². The second kappa shape index (κ2) is 4.81. The normalized spacial score (nSPS) is 19.8. The SMILES string of the molecule is CC(C)c1ncc2n1-c1ncccc1NC21CCN(C)CC1. The molecule has 0 unspecified atom stereocenters. The van der Waals surface area contributed by atoms with E-state index in [9.17, 15) is 0 Å². The van der Waals surface area contributed by atoms with Crippen LogP contribution in [-0.2, 0) is 5.54 Å². The molecule has 0 atom stereocenters. The molecule has 4 rings (SSSR count). The summed E-state index contributed by atoms with van der Waals surface area (Å²) in [5.74, 6) is 2.48. The molecule has 1 N–H and O–H groups in total. The second-order valence-electron chi connectivity index (χ2n) is 6.88. The predicted molar refractivity (Wildman–Crippen MR) is 87.5 cm³/mol. The third-order valence-corrected chi connectivity index (χ3v) is 5.01. The van der Waals surface area contributed by atoms with Crippen LogP contribution in [0.25, 0.3) is 5.82 Å². The number of imidazole rings is 1. The van der Waals surface area contributed by atoms with E-state index in [1.165, 1.54) is 5.69 Å². The molecule has 2 aromatic rings. The zero-order valence-corrected chi connectivity index (χ0v) is 13.5. The third-order valence-electron chi connectivity index (χ3n) is 5.01. The van der Waals surface area contributed by atoms with E-state index in [2.05, 4.69) is 52.9 Å². The van der Waals surface area contributed by atoms with Gasteiger partial charge in [-0.1, -0.05) is 13.8 Å². The van der Waals surface area contributed by atoms with Crippen LogP contribution in [0.15, 0.2) is 24.5 Å². The molecule has 1 saturated heterocycles. The van der Waals surface area contributed by atoms with Crippen molar-refractivity contribution >= 4 is 5.69 Å². The van der Waals surface area contributed by atoms with Crippen LogP contribution in [0, 0.1) is 0 Å². The van der Waals surface area contributed by atoms with Crippen molar-refractivity contribution in [1.29, 1.82) is 0 Å². The van der Waals surface area contributed by atoms with Crippen LogP contribution in [0.1, 0.15) is 44.1 Å². The molecule has 5 nitrogen and oxygen atoms in total. The summed E-state index contributed by atoms with van der Waals surface area (Å²) in [4.78, 5) is 11.8. The van der Waals surface area contributed by atoms with Gasteiger partial charge in [-0.3, -0.25) is 4.57 Å². The van der Waals surface area contributed by atoms with Crippen molar-refractivity contribution in [1.82, 2.24) is 19.4 Å². The van der Waals surface area contributed by atoms with Crippen LogP contribution in [0.5, 0.6) is 0 Å². The van der Waals surface area contributed by atoms with Crippen molar-refractivity contribution in [2.24, 2.45) is 0 Å². The summed E-state index contributed by atoms with van der Waals surface area (Å²) in [5, 5.41) is 3.79. The lowest BCUT2D eigenvalue weighted by Gasteiger charge is -2.45. The Balaban J connectivity index is 1.91. The average Bonchev–Trinajstić information content (AvgIpc) is 2.97. The number of fused-ring (bicyclic) bond motifs is 4. The Morgan fingerprint density at radius 2 is 2.00 bits per heavy atom. The lowest BCUT2D eigenvalue weighted by atomic mass is 9.83. The average molecular weight is 297 g/mol. The zero-order valence-electron chi connectivity index (χ0n) is 13.5. The number of nitrogens with zero attached hydrogens (tertiary/aromatic N) is 4. The quantitative estimate of drug-likeness (QED) is 0.879. The van der Waals surface area contributed by atoms with Crippen molar-refractivity contribution in [3.05, 3.63) is 36.0 Å². The number of rotatable bonds is 1. The van der Waals surface area contributed by atoms with Crippen molar-refractivity contribution in [2.45, 2.75) is 38.1 Å². The zero-order chi connectivity index (χ0) is 15.3. The van der Waals surface area contributed by atoms with E-state index in [0.717, 1.165) is 43.3 Å². The van der Waals surface area contributed by atoms with Gasteiger partial charge in [-0.25, -0.2) is 9.97 Å². The van der Waals surface area contributed by atoms with Gasteiger partial charge in [-0.15, -0.1) is 0 Å². The smallest absolute Gasteiger partial charge is 0.161 e. The van der Waals surface area contributed by atoms with Gasteiger partial charge in [0.2, 0.25) is 0 Å². The van der Waals surface area contributed by atoms with Gasteiger partial charge in [-0.05, 0) is 32.0 Å². The fraction of sp³-hybridized carbons (Fsp3) is 0.529. The maximum atomic E-state index is 4.73. The Kier molecular flexibility index (Phi) is 3.01. The number of anilines is 1. The monoisotopic (exact) mass is 297 g/mol. The number of aromatic nitrogens is 3. The van der Waals surface area contributed by atoms with E-state index in [-0.39, 0.29) is 5.54 Å². The largest absolute Gasteiger partial charge is 0.371 e. The molecule has 1 spiro atoms. The molecule has 4 heterocycles. The number of hydrogen-bond donors (Lipinski definition) is 1. The van der Waals surface area contributed by atoms with E-state index in [0.29, 0.717) is 5.92 Å². The minimum absolute atomic E-state index is 0.0112. The lowest BCUT2D eigenvalue weighted by molar-refractivity contribution is 0.199. The molecular weight excluding hydrogens is 274 g/mol. The van der Waals surface area contributed by atoms with Gasteiger partial charge in [0.05, 0.1) is 23.1 Å². The van der Waals surface area contributed by atoms with Crippen molar-refractivity contribution in [2.75, 3.05) is 25.5 Å². The Morgan fingerprint density at radius 1 is 1.23 bits per heavy atom. The van der Waals surface area contributed by atoms with Gasteiger partial charge in [0.15, 0.2) is 5.82 Å². The molecule has 2 aromatic heterocycles. The Bertz CT molecular complexity index is 695. The van der Waals surface area contributed by atoms with E-state index in [1.54, 1.807) is 0 Å². The highest BCUT2D eigenvalue weighted by Gasteiger charge is 2.42. The van der Waals surface area contributed by atoms with Crippen LogP contribution in [0.2, 0.25) is 0 Å². The molecule has 2 aliphatic heterocycles. The Labute approximate surface area is 131 Å². The van der Waals surface area contributed by atoms with Gasteiger partial charge in [0.25, 0.3) is 0 Å². The van der Waals surface area contributed by atoms with Crippen LogP contribution in [-0.4, -0.2) is 39.6 Å². The molecule has 0 aliphatic carbocycles. The van der Waals surface area contributed by atoms with E-state index >= 15 is 0 Å². The van der Waals surface area contributed by atoms with Crippen molar-refractivity contribution < 1.29 is 0 Å². The van der Waals surface area contributed by atoms with Gasteiger partial charge < -0.3 is 10.2 Å². The molecule has 5 heteroatoms. The van der Waals surface area contributed by atoms with Crippen LogP contribution >= 0.6 is 0 Å². The predicted octanol–water partition coefficient (Wildman–Crippen LogP) is 2.74. The molecule has 22 heavy (non-hydrogen) atoms. The Hall–Kier alpha value is -1.88. The highest BCUT2D eigenvalue weighted by Crippen LogP contribution is 2.43.